The summed E-state index contributed by atoms with van der Waals surface area (Å²) in [5.41, 5.74) is 2.35. The van der Waals surface area contributed by atoms with E-state index in [-0.39, 0.29) is 17.9 Å². The van der Waals surface area contributed by atoms with Gasteiger partial charge in [0.25, 0.3) is 5.91 Å². The topological polar surface area (TPSA) is 55.6 Å². The van der Waals surface area contributed by atoms with Crippen molar-refractivity contribution in [3.63, 3.8) is 0 Å². The summed E-state index contributed by atoms with van der Waals surface area (Å²) >= 11 is 0. The Labute approximate surface area is 136 Å². The number of ether oxygens (including phenoxy) is 1. The van der Waals surface area contributed by atoms with Gasteiger partial charge in [-0.3, -0.25) is 4.79 Å². The molecule has 1 aliphatic rings. The van der Waals surface area contributed by atoms with E-state index in [1.807, 2.05) is 56.0 Å². The summed E-state index contributed by atoms with van der Waals surface area (Å²) in [5.74, 6) is 0.771. The normalized spacial score (nSPS) is 18.4. The number of carbonyl (C=O) groups excluding carboxylic acids is 1. The Kier molecular flexibility index (Phi) is 4.48. The second kappa shape index (κ2) is 6.54. The third kappa shape index (κ3) is 3.15. The molecule has 1 fully saturated rings. The first-order valence-corrected chi connectivity index (χ1v) is 8.00. The molecule has 5 nitrogen and oxygen atoms in total. The molecule has 0 aliphatic carbocycles. The first kappa shape index (κ1) is 15.7. The van der Waals surface area contributed by atoms with E-state index in [1.165, 1.54) is 0 Å². The van der Waals surface area contributed by atoms with Gasteiger partial charge in [-0.15, -0.1) is 0 Å². The van der Waals surface area contributed by atoms with E-state index in [0.29, 0.717) is 36.7 Å². The molecule has 0 saturated carbocycles. The number of hydrogen-bond acceptors (Lipinski definition) is 4. The second-order valence-electron chi connectivity index (χ2n) is 6.18. The molecule has 1 aromatic carbocycles. The van der Waals surface area contributed by atoms with Gasteiger partial charge in [0.2, 0.25) is 0 Å². The van der Waals surface area contributed by atoms with Crippen molar-refractivity contribution in [2.75, 3.05) is 19.7 Å². The summed E-state index contributed by atoms with van der Waals surface area (Å²) in [4.78, 5) is 14.8. The number of hydrogen-bond donors (Lipinski definition) is 0. The maximum atomic E-state index is 13.0. The summed E-state index contributed by atoms with van der Waals surface area (Å²) in [7, 11) is 0. The van der Waals surface area contributed by atoms with E-state index in [2.05, 4.69) is 5.16 Å². The fourth-order valence-electron chi connectivity index (χ4n) is 2.90. The van der Waals surface area contributed by atoms with Gasteiger partial charge in [0.1, 0.15) is 11.7 Å². The lowest BCUT2D eigenvalue weighted by atomic mass is 10.0. The molecule has 0 N–H and O–H groups in total. The maximum Gasteiger partial charge on any atom is 0.259 e. The number of morpholine rings is 1. The van der Waals surface area contributed by atoms with E-state index in [0.717, 1.165) is 5.56 Å². The Morgan fingerprint density at radius 1 is 1.30 bits per heavy atom. The van der Waals surface area contributed by atoms with Crippen LogP contribution in [-0.2, 0) is 4.74 Å². The van der Waals surface area contributed by atoms with Gasteiger partial charge in [-0.2, -0.15) is 0 Å². The standard InChI is InChI=1S/C18H22N2O3/c1-12(2)17-16(13(3)19-23-17)18(21)20-9-10-22-15(11-20)14-7-5-4-6-8-14/h4-8,12,15H,9-11H2,1-3H3. The molecule has 5 heteroatoms. The first-order chi connectivity index (χ1) is 11.1. The van der Waals surface area contributed by atoms with Crippen molar-refractivity contribution in [3.05, 3.63) is 52.9 Å². The molecule has 2 heterocycles. The molecule has 1 atom stereocenters. The van der Waals surface area contributed by atoms with Crippen LogP contribution in [0.25, 0.3) is 0 Å². The SMILES string of the molecule is Cc1noc(C(C)C)c1C(=O)N1CCOC(c2ccccc2)C1. The number of amides is 1. The summed E-state index contributed by atoms with van der Waals surface area (Å²) in [6, 6.07) is 10.0. The Morgan fingerprint density at radius 2 is 2.04 bits per heavy atom. The molecule has 1 saturated heterocycles. The van der Waals surface area contributed by atoms with Gasteiger partial charge in [-0.05, 0) is 12.5 Å². The number of rotatable bonds is 3. The van der Waals surface area contributed by atoms with Crippen LogP contribution in [-0.4, -0.2) is 35.7 Å². The molecule has 1 aromatic heterocycles. The minimum atomic E-state index is -0.0865. The number of nitrogens with zero attached hydrogens (tertiary/aromatic N) is 2. The molecular formula is C18H22N2O3. The molecule has 23 heavy (non-hydrogen) atoms. The van der Waals surface area contributed by atoms with Gasteiger partial charge in [0.15, 0.2) is 5.76 Å². The number of carbonyl (C=O) groups is 1. The highest BCUT2D eigenvalue weighted by Crippen LogP contribution is 2.27. The molecule has 1 aliphatic heterocycles. The number of aromatic nitrogens is 1. The molecule has 1 unspecified atom stereocenters. The predicted octanol–water partition coefficient (Wildman–Crippen LogP) is 3.32. The zero-order valence-electron chi connectivity index (χ0n) is 13.8. The highest BCUT2D eigenvalue weighted by Gasteiger charge is 2.31. The Hall–Kier alpha value is -2.14. The minimum absolute atomic E-state index is 0.0170. The molecular weight excluding hydrogens is 292 g/mol. The number of aryl methyl sites for hydroxylation is 1. The van der Waals surface area contributed by atoms with E-state index in [4.69, 9.17) is 9.26 Å². The zero-order valence-corrected chi connectivity index (χ0v) is 13.8. The zero-order chi connectivity index (χ0) is 16.4. The van der Waals surface area contributed by atoms with Gasteiger partial charge in [0.05, 0.1) is 18.8 Å². The molecule has 0 radical (unpaired) electrons. The Morgan fingerprint density at radius 3 is 2.74 bits per heavy atom. The van der Waals surface area contributed by atoms with Crippen molar-refractivity contribution in [2.24, 2.45) is 0 Å². The molecule has 1 amide bonds. The quantitative estimate of drug-likeness (QED) is 0.872. The molecule has 0 bridgehead atoms. The average molecular weight is 314 g/mol. The molecule has 2 aromatic rings. The summed E-state index contributed by atoms with van der Waals surface area (Å²) < 4.78 is 11.2. The van der Waals surface area contributed by atoms with Crippen molar-refractivity contribution in [3.8, 4) is 0 Å². The van der Waals surface area contributed by atoms with E-state index >= 15 is 0 Å². The highest BCUT2D eigenvalue weighted by molar-refractivity contribution is 5.96. The molecule has 122 valence electrons. The van der Waals surface area contributed by atoms with Crippen LogP contribution in [0, 0.1) is 6.92 Å². The van der Waals surface area contributed by atoms with Crippen LogP contribution in [0.3, 0.4) is 0 Å². The monoisotopic (exact) mass is 314 g/mol. The summed E-state index contributed by atoms with van der Waals surface area (Å²) in [6.45, 7) is 7.49. The van der Waals surface area contributed by atoms with Crippen molar-refractivity contribution < 1.29 is 14.1 Å². The van der Waals surface area contributed by atoms with E-state index < -0.39 is 0 Å². The summed E-state index contributed by atoms with van der Waals surface area (Å²) in [5, 5.41) is 3.98. The van der Waals surface area contributed by atoms with Crippen LogP contribution >= 0.6 is 0 Å². The van der Waals surface area contributed by atoms with Crippen molar-refractivity contribution in [1.29, 1.82) is 0 Å². The highest BCUT2D eigenvalue weighted by atomic mass is 16.5. The van der Waals surface area contributed by atoms with Gasteiger partial charge in [-0.25, -0.2) is 0 Å². The van der Waals surface area contributed by atoms with Crippen molar-refractivity contribution >= 4 is 5.91 Å². The first-order valence-electron chi connectivity index (χ1n) is 8.00. The average Bonchev–Trinajstić information content (AvgIpc) is 2.97. The lowest BCUT2D eigenvalue weighted by Gasteiger charge is -2.33. The smallest absolute Gasteiger partial charge is 0.259 e. The van der Waals surface area contributed by atoms with Crippen LogP contribution in [0.15, 0.2) is 34.9 Å². The number of benzene rings is 1. The van der Waals surface area contributed by atoms with Crippen molar-refractivity contribution in [2.45, 2.75) is 32.8 Å². The van der Waals surface area contributed by atoms with Gasteiger partial charge in [0, 0.05) is 12.5 Å². The molecule has 3 rings (SSSR count). The lowest BCUT2D eigenvalue weighted by molar-refractivity contribution is -0.0229. The van der Waals surface area contributed by atoms with Gasteiger partial charge >= 0.3 is 0 Å². The van der Waals surface area contributed by atoms with Crippen LogP contribution in [0.5, 0.6) is 0 Å². The van der Waals surface area contributed by atoms with Gasteiger partial charge < -0.3 is 14.2 Å². The lowest BCUT2D eigenvalue weighted by Crippen LogP contribution is -2.42. The van der Waals surface area contributed by atoms with Crippen LogP contribution in [0.2, 0.25) is 0 Å². The van der Waals surface area contributed by atoms with Crippen molar-refractivity contribution in [1.82, 2.24) is 10.1 Å². The largest absolute Gasteiger partial charge is 0.370 e. The van der Waals surface area contributed by atoms with Crippen LogP contribution in [0.1, 0.15) is 53.2 Å². The third-order valence-electron chi connectivity index (χ3n) is 4.15. The van der Waals surface area contributed by atoms with E-state index in [9.17, 15) is 4.79 Å². The molecule has 0 spiro atoms. The predicted molar refractivity (Wildman–Crippen MR) is 86.4 cm³/mol. The summed E-state index contributed by atoms with van der Waals surface area (Å²) in [6.07, 6.45) is -0.0865. The fraction of sp³-hybridized carbons (Fsp3) is 0.444. The Bertz CT molecular complexity index is 679. The van der Waals surface area contributed by atoms with Crippen LogP contribution in [0.4, 0.5) is 0 Å². The second-order valence-corrected chi connectivity index (χ2v) is 6.18. The third-order valence-corrected chi connectivity index (χ3v) is 4.15. The fourth-order valence-corrected chi connectivity index (χ4v) is 2.90. The maximum absolute atomic E-state index is 13.0. The minimum Gasteiger partial charge on any atom is -0.370 e. The van der Waals surface area contributed by atoms with Gasteiger partial charge in [-0.1, -0.05) is 49.3 Å². The van der Waals surface area contributed by atoms with Crippen LogP contribution < -0.4 is 0 Å². The van der Waals surface area contributed by atoms with E-state index in [1.54, 1.807) is 0 Å². The Balaban J connectivity index is 1.82.